The van der Waals surface area contributed by atoms with Gasteiger partial charge in [0.2, 0.25) is 11.1 Å². The van der Waals surface area contributed by atoms with E-state index in [1.807, 2.05) is 73.7 Å². The Morgan fingerprint density at radius 2 is 1.97 bits per heavy atom. The number of hydrogen-bond acceptors (Lipinski definition) is 6. The molecule has 31 heavy (non-hydrogen) atoms. The molecule has 0 saturated carbocycles. The molecule has 1 N–H and O–H groups in total. The van der Waals surface area contributed by atoms with E-state index in [1.165, 1.54) is 18.9 Å². The smallest absolute Gasteiger partial charge is 0.338 e. The molecule has 0 amide bonds. The van der Waals surface area contributed by atoms with Crippen LogP contribution in [0.15, 0.2) is 77.1 Å². The number of anilines is 1. The van der Waals surface area contributed by atoms with Crippen LogP contribution in [0.25, 0.3) is 6.08 Å². The van der Waals surface area contributed by atoms with Crippen molar-refractivity contribution >= 4 is 41.4 Å². The van der Waals surface area contributed by atoms with E-state index in [2.05, 4.69) is 15.4 Å². The van der Waals surface area contributed by atoms with Gasteiger partial charge in [-0.05, 0) is 24.1 Å². The van der Waals surface area contributed by atoms with Gasteiger partial charge in [0.05, 0.1) is 12.7 Å². The number of aromatic nitrogens is 3. The minimum Gasteiger partial charge on any atom is -0.466 e. The van der Waals surface area contributed by atoms with Crippen molar-refractivity contribution in [2.24, 2.45) is 0 Å². The van der Waals surface area contributed by atoms with Gasteiger partial charge in [-0.3, -0.25) is 0 Å². The second-order valence-corrected chi connectivity index (χ2v) is 8.26. The first-order chi connectivity index (χ1) is 15.1. The first-order valence-electron chi connectivity index (χ1n) is 9.69. The summed E-state index contributed by atoms with van der Waals surface area (Å²) < 4.78 is 6.75. The van der Waals surface area contributed by atoms with E-state index in [-0.39, 0.29) is 0 Å². The van der Waals surface area contributed by atoms with Crippen LogP contribution < -0.4 is 5.32 Å². The maximum absolute atomic E-state index is 12.5. The number of fused-ring (bicyclic) bond motifs is 1. The van der Waals surface area contributed by atoms with Crippen molar-refractivity contribution in [2.75, 3.05) is 12.4 Å². The van der Waals surface area contributed by atoms with Gasteiger partial charge >= 0.3 is 5.97 Å². The molecule has 0 fully saturated rings. The third-order valence-electron chi connectivity index (χ3n) is 4.86. The molecule has 1 unspecified atom stereocenters. The van der Waals surface area contributed by atoms with E-state index in [1.54, 1.807) is 4.68 Å². The molecule has 1 aromatic heterocycles. The van der Waals surface area contributed by atoms with Crippen LogP contribution in [0.2, 0.25) is 5.02 Å². The molecule has 0 spiro atoms. The number of methoxy groups -OCH3 is 1. The molecular formula is C23H21ClN4O2S. The fraction of sp³-hybridized carbons (Fsp3) is 0.174. The summed E-state index contributed by atoms with van der Waals surface area (Å²) in [5, 5.41) is 9.15. The highest BCUT2D eigenvalue weighted by Gasteiger charge is 2.32. The molecule has 8 heteroatoms. The fourth-order valence-corrected chi connectivity index (χ4v) is 4.42. The van der Waals surface area contributed by atoms with E-state index >= 15 is 0 Å². The van der Waals surface area contributed by atoms with E-state index in [4.69, 9.17) is 16.3 Å². The standard InChI is InChI=1S/C23H21ClN4O2S/c1-15-20(21(29)30-2)19(13-12-16-8-4-3-5-9-16)28-22(25-15)26-23(27-28)31-14-17-10-6-7-11-18(17)24/h3-13,19H,14H2,1-2H3,(H,25,26,27)/b13-12+. The number of thioether (sulfide) groups is 1. The van der Waals surface area contributed by atoms with Gasteiger partial charge in [0, 0.05) is 16.5 Å². The predicted octanol–water partition coefficient (Wildman–Crippen LogP) is 5.35. The van der Waals surface area contributed by atoms with Crippen LogP contribution in [0.1, 0.15) is 24.1 Å². The second kappa shape index (κ2) is 9.41. The minimum atomic E-state index is -0.439. The molecule has 3 aromatic rings. The van der Waals surface area contributed by atoms with Crippen LogP contribution in [-0.2, 0) is 15.3 Å². The maximum atomic E-state index is 12.5. The molecule has 1 aliphatic heterocycles. The van der Waals surface area contributed by atoms with Crippen LogP contribution in [-0.4, -0.2) is 27.8 Å². The van der Waals surface area contributed by atoms with Crippen molar-refractivity contribution in [1.82, 2.24) is 14.8 Å². The number of ether oxygens (including phenoxy) is 1. The molecule has 0 saturated heterocycles. The van der Waals surface area contributed by atoms with Crippen molar-refractivity contribution in [1.29, 1.82) is 0 Å². The summed E-state index contributed by atoms with van der Waals surface area (Å²) in [7, 11) is 1.38. The lowest BCUT2D eigenvalue weighted by atomic mass is 10.0. The third kappa shape index (κ3) is 4.68. The highest BCUT2D eigenvalue weighted by atomic mass is 35.5. The highest BCUT2D eigenvalue weighted by Crippen LogP contribution is 2.34. The Morgan fingerprint density at radius 3 is 2.71 bits per heavy atom. The summed E-state index contributed by atoms with van der Waals surface area (Å²) in [5.74, 6) is 0.817. The van der Waals surface area contributed by atoms with Crippen LogP contribution >= 0.6 is 23.4 Å². The van der Waals surface area contributed by atoms with Gasteiger partial charge in [0.25, 0.3) is 0 Å². The van der Waals surface area contributed by atoms with Gasteiger partial charge in [0.1, 0.15) is 6.04 Å². The molecule has 2 aromatic carbocycles. The Labute approximate surface area is 190 Å². The van der Waals surface area contributed by atoms with Gasteiger partial charge in [-0.15, -0.1) is 5.10 Å². The Morgan fingerprint density at radius 1 is 1.23 bits per heavy atom. The number of esters is 1. The van der Waals surface area contributed by atoms with Crippen molar-refractivity contribution < 1.29 is 9.53 Å². The summed E-state index contributed by atoms with van der Waals surface area (Å²) >= 11 is 7.75. The molecule has 6 nitrogen and oxygen atoms in total. The van der Waals surface area contributed by atoms with Crippen LogP contribution in [0.5, 0.6) is 0 Å². The van der Waals surface area contributed by atoms with E-state index in [0.29, 0.717) is 33.2 Å². The van der Waals surface area contributed by atoms with Crippen molar-refractivity contribution in [3.63, 3.8) is 0 Å². The average molecular weight is 453 g/mol. The zero-order chi connectivity index (χ0) is 21.8. The van der Waals surface area contributed by atoms with Gasteiger partial charge in [-0.2, -0.15) is 4.98 Å². The Bertz CT molecular complexity index is 1160. The predicted molar refractivity (Wildman–Crippen MR) is 124 cm³/mol. The van der Waals surface area contributed by atoms with Gasteiger partial charge < -0.3 is 10.1 Å². The molecule has 0 radical (unpaired) electrons. The number of carbonyl (C=O) groups is 1. The molecule has 4 rings (SSSR count). The molecule has 2 heterocycles. The fourth-order valence-electron chi connectivity index (χ4n) is 3.31. The van der Waals surface area contributed by atoms with E-state index < -0.39 is 12.0 Å². The summed E-state index contributed by atoms with van der Waals surface area (Å²) in [6.45, 7) is 1.84. The quantitative estimate of drug-likeness (QED) is 0.401. The molecule has 158 valence electrons. The van der Waals surface area contributed by atoms with Gasteiger partial charge in [-0.25, -0.2) is 9.48 Å². The average Bonchev–Trinajstić information content (AvgIpc) is 3.19. The van der Waals surface area contributed by atoms with Gasteiger partial charge in [-0.1, -0.05) is 84.0 Å². The summed E-state index contributed by atoms with van der Waals surface area (Å²) in [6, 6.07) is 17.2. The lowest BCUT2D eigenvalue weighted by Gasteiger charge is -2.25. The normalized spacial score (nSPS) is 15.6. The topological polar surface area (TPSA) is 69.0 Å². The maximum Gasteiger partial charge on any atom is 0.338 e. The summed E-state index contributed by atoms with van der Waals surface area (Å²) in [6.07, 6.45) is 3.90. The number of carbonyl (C=O) groups excluding carboxylic acids is 1. The Balaban J connectivity index is 1.64. The number of benzene rings is 2. The number of nitrogens with one attached hydrogen (secondary N) is 1. The number of hydrogen-bond donors (Lipinski definition) is 1. The van der Waals surface area contributed by atoms with Crippen LogP contribution in [0.4, 0.5) is 5.95 Å². The van der Waals surface area contributed by atoms with Crippen molar-refractivity contribution in [3.8, 4) is 0 Å². The van der Waals surface area contributed by atoms with Crippen LogP contribution in [0.3, 0.4) is 0 Å². The summed E-state index contributed by atoms with van der Waals surface area (Å²) in [4.78, 5) is 17.1. The first kappa shape index (κ1) is 21.2. The Kier molecular flexibility index (Phi) is 6.44. The minimum absolute atomic E-state index is 0.404. The highest BCUT2D eigenvalue weighted by molar-refractivity contribution is 7.98. The van der Waals surface area contributed by atoms with E-state index in [0.717, 1.165) is 11.1 Å². The molecule has 0 bridgehead atoms. The monoisotopic (exact) mass is 452 g/mol. The largest absolute Gasteiger partial charge is 0.466 e. The zero-order valence-corrected chi connectivity index (χ0v) is 18.7. The molecule has 1 aliphatic rings. The number of nitrogens with zero attached hydrogens (tertiary/aromatic N) is 3. The Hall–Kier alpha value is -3.03. The lowest BCUT2D eigenvalue weighted by Crippen LogP contribution is -2.27. The SMILES string of the molecule is COC(=O)C1=C(C)Nc2nc(SCc3ccccc3Cl)nn2C1/C=C/c1ccccc1. The van der Waals surface area contributed by atoms with Gasteiger partial charge in [0.15, 0.2) is 0 Å². The lowest BCUT2D eigenvalue weighted by molar-refractivity contribution is -0.136. The van der Waals surface area contributed by atoms with Crippen molar-refractivity contribution in [2.45, 2.75) is 23.9 Å². The number of allylic oxidation sites excluding steroid dienone is 2. The van der Waals surface area contributed by atoms with Crippen molar-refractivity contribution in [3.05, 3.63) is 88.1 Å². The van der Waals surface area contributed by atoms with Crippen LogP contribution in [0, 0.1) is 0 Å². The number of rotatable bonds is 6. The first-order valence-corrected chi connectivity index (χ1v) is 11.1. The second-order valence-electron chi connectivity index (χ2n) is 6.91. The molecule has 1 atom stereocenters. The summed E-state index contributed by atoms with van der Waals surface area (Å²) in [5.41, 5.74) is 3.23. The zero-order valence-electron chi connectivity index (χ0n) is 17.1. The van der Waals surface area contributed by atoms with E-state index in [9.17, 15) is 4.79 Å². The molecule has 0 aliphatic carbocycles. The third-order valence-corrected chi connectivity index (χ3v) is 6.12. The number of halogens is 1. The molecular weight excluding hydrogens is 432 g/mol.